The number of aryl methyl sites for hydroxylation is 2. The third-order valence-corrected chi connectivity index (χ3v) is 2.86. The maximum atomic E-state index is 4.33. The zero-order valence-electron chi connectivity index (χ0n) is 8.74. The van der Waals surface area contributed by atoms with Crippen LogP contribution in [0.2, 0.25) is 0 Å². The first-order valence-corrected chi connectivity index (χ1v) is 5.58. The van der Waals surface area contributed by atoms with Crippen molar-refractivity contribution in [2.45, 2.75) is 13.8 Å². The summed E-state index contributed by atoms with van der Waals surface area (Å²) in [5.41, 5.74) is 1.84. The van der Waals surface area contributed by atoms with E-state index in [0.717, 1.165) is 16.3 Å². The number of thiophene rings is 1. The van der Waals surface area contributed by atoms with Gasteiger partial charge in [-0.25, -0.2) is 4.98 Å². The van der Waals surface area contributed by atoms with Gasteiger partial charge >= 0.3 is 0 Å². The van der Waals surface area contributed by atoms with Crippen LogP contribution in [0.25, 0.3) is 0 Å². The highest BCUT2D eigenvalue weighted by atomic mass is 32.1. The summed E-state index contributed by atoms with van der Waals surface area (Å²) in [5.74, 6) is 6.18. The monoisotopic (exact) mass is 213 g/mol. The topological polar surface area (TPSA) is 12.9 Å². The van der Waals surface area contributed by atoms with E-state index < -0.39 is 0 Å². The molecule has 0 saturated carbocycles. The van der Waals surface area contributed by atoms with Crippen molar-refractivity contribution in [3.8, 4) is 11.8 Å². The van der Waals surface area contributed by atoms with Gasteiger partial charge in [-0.3, -0.25) is 0 Å². The summed E-state index contributed by atoms with van der Waals surface area (Å²) >= 11 is 1.71. The van der Waals surface area contributed by atoms with Gasteiger partial charge in [-0.05, 0) is 50.0 Å². The fourth-order valence-electron chi connectivity index (χ4n) is 1.24. The molecule has 1 nitrogen and oxygen atoms in total. The Morgan fingerprint density at radius 2 is 1.93 bits per heavy atom. The minimum absolute atomic E-state index is 0.834. The normalized spacial score (nSPS) is 9.47. The van der Waals surface area contributed by atoms with Gasteiger partial charge in [-0.15, -0.1) is 11.3 Å². The van der Waals surface area contributed by atoms with Crippen LogP contribution in [0.5, 0.6) is 0 Å². The minimum atomic E-state index is 0.834. The molecule has 0 fully saturated rings. The largest absolute Gasteiger partial charge is 0.245 e. The second-order valence-corrected chi connectivity index (χ2v) is 4.61. The van der Waals surface area contributed by atoms with E-state index >= 15 is 0 Å². The molecule has 0 spiro atoms. The SMILES string of the molecule is Cc1cccc(C#Cc2ccc(C)s2)n1. The molecule has 0 N–H and O–H groups in total. The number of aromatic nitrogens is 1. The molecular weight excluding hydrogens is 202 g/mol. The predicted octanol–water partition coefficient (Wildman–Crippen LogP) is 3.16. The van der Waals surface area contributed by atoms with Crippen molar-refractivity contribution in [1.82, 2.24) is 4.98 Å². The summed E-state index contributed by atoms with van der Waals surface area (Å²) in [6.45, 7) is 4.06. The lowest BCUT2D eigenvalue weighted by molar-refractivity contribution is 1.18. The molecule has 2 heteroatoms. The smallest absolute Gasteiger partial charge is 0.113 e. The molecule has 2 aromatic rings. The third kappa shape index (κ3) is 2.68. The molecule has 0 amide bonds. The van der Waals surface area contributed by atoms with Crippen LogP contribution in [-0.4, -0.2) is 4.98 Å². The molecule has 0 unspecified atom stereocenters. The first-order valence-electron chi connectivity index (χ1n) is 4.76. The standard InChI is InChI=1S/C13H11NS/c1-10-4-3-5-12(14-10)7-9-13-8-6-11(2)15-13/h3-6,8H,1-2H3. The first kappa shape index (κ1) is 9.95. The van der Waals surface area contributed by atoms with E-state index in [9.17, 15) is 0 Å². The summed E-state index contributed by atoms with van der Waals surface area (Å²) in [7, 11) is 0. The van der Waals surface area contributed by atoms with Gasteiger partial charge in [0.25, 0.3) is 0 Å². The number of pyridine rings is 1. The quantitative estimate of drug-likeness (QED) is 0.613. The molecule has 15 heavy (non-hydrogen) atoms. The van der Waals surface area contributed by atoms with Crippen molar-refractivity contribution in [3.05, 3.63) is 51.5 Å². The Bertz CT molecular complexity index is 529. The van der Waals surface area contributed by atoms with E-state index in [1.54, 1.807) is 11.3 Å². The average molecular weight is 213 g/mol. The Balaban J connectivity index is 2.25. The molecule has 2 aromatic heterocycles. The Morgan fingerprint density at radius 3 is 2.60 bits per heavy atom. The second-order valence-electron chi connectivity index (χ2n) is 3.32. The lowest BCUT2D eigenvalue weighted by Gasteiger charge is -1.90. The van der Waals surface area contributed by atoms with E-state index in [1.807, 2.05) is 31.2 Å². The Kier molecular flexibility index (Phi) is 2.84. The van der Waals surface area contributed by atoms with Crippen LogP contribution in [0.3, 0.4) is 0 Å². The molecular formula is C13H11NS. The Hall–Kier alpha value is -1.59. The fourth-order valence-corrected chi connectivity index (χ4v) is 1.96. The molecule has 0 bridgehead atoms. The Morgan fingerprint density at radius 1 is 1.07 bits per heavy atom. The van der Waals surface area contributed by atoms with Gasteiger partial charge in [0.05, 0.1) is 4.88 Å². The summed E-state index contributed by atoms with van der Waals surface area (Å²) in [5, 5.41) is 0. The average Bonchev–Trinajstić information content (AvgIpc) is 2.62. The molecule has 0 radical (unpaired) electrons. The summed E-state index contributed by atoms with van der Waals surface area (Å²) < 4.78 is 0. The van der Waals surface area contributed by atoms with Crippen LogP contribution in [-0.2, 0) is 0 Å². The number of hydrogen-bond acceptors (Lipinski definition) is 2. The third-order valence-electron chi connectivity index (χ3n) is 1.94. The highest BCUT2D eigenvalue weighted by Crippen LogP contribution is 2.13. The van der Waals surface area contributed by atoms with Crippen LogP contribution < -0.4 is 0 Å². The maximum absolute atomic E-state index is 4.33. The number of nitrogens with zero attached hydrogens (tertiary/aromatic N) is 1. The van der Waals surface area contributed by atoms with Crippen molar-refractivity contribution >= 4 is 11.3 Å². The lowest BCUT2D eigenvalue weighted by Crippen LogP contribution is -1.84. The highest BCUT2D eigenvalue weighted by Gasteiger charge is 1.92. The molecule has 0 aliphatic carbocycles. The van der Waals surface area contributed by atoms with Crippen LogP contribution in [0.15, 0.2) is 30.3 Å². The van der Waals surface area contributed by atoms with E-state index in [1.165, 1.54) is 4.88 Å². The van der Waals surface area contributed by atoms with E-state index in [-0.39, 0.29) is 0 Å². The van der Waals surface area contributed by atoms with Crippen LogP contribution in [0.1, 0.15) is 21.1 Å². The van der Waals surface area contributed by atoms with E-state index in [0.29, 0.717) is 0 Å². The van der Waals surface area contributed by atoms with Gasteiger partial charge in [-0.2, -0.15) is 0 Å². The van der Waals surface area contributed by atoms with Crippen LogP contribution in [0, 0.1) is 25.7 Å². The minimum Gasteiger partial charge on any atom is -0.245 e. The first-order chi connectivity index (χ1) is 7.24. The Labute approximate surface area is 93.8 Å². The summed E-state index contributed by atoms with van der Waals surface area (Å²) in [4.78, 5) is 6.71. The van der Waals surface area contributed by atoms with Crippen molar-refractivity contribution in [2.24, 2.45) is 0 Å². The van der Waals surface area contributed by atoms with Crippen molar-refractivity contribution < 1.29 is 0 Å². The number of rotatable bonds is 0. The number of hydrogen-bond donors (Lipinski definition) is 0. The molecule has 0 aromatic carbocycles. The molecule has 0 aliphatic heterocycles. The molecule has 74 valence electrons. The van der Waals surface area contributed by atoms with Gasteiger partial charge in [0.2, 0.25) is 0 Å². The molecule has 2 rings (SSSR count). The van der Waals surface area contributed by atoms with Crippen LogP contribution >= 0.6 is 11.3 Å². The molecule has 0 aliphatic rings. The maximum Gasteiger partial charge on any atom is 0.113 e. The van der Waals surface area contributed by atoms with Crippen molar-refractivity contribution in [2.75, 3.05) is 0 Å². The zero-order valence-corrected chi connectivity index (χ0v) is 9.56. The van der Waals surface area contributed by atoms with Crippen LogP contribution in [0.4, 0.5) is 0 Å². The van der Waals surface area contributed by atoms with E-state index in [2.05, 4.69) is 29.8 Å². The molecule has 2 heterocycles. The van der Waals surface area contributed by atoms with Gasteiger partial charge in [-0.1, -0.05) is 6.07 Å². The van der Waals surface area contributed by atoms with Crippen molar-refractivity contribution in [1.29, 1.82) is 0 Å². The second kappa shape index (κ2) is 4.29. The molecule has 0 saturated heterocycles. The fraction of sp³-hybridized carbons (Fsp3) is 0.154. The van der Waals surface area contributed by atoms with Gasteiger partial charge in [0.1, 0.15) is 5.69 Å². The molecule has 0 atom stereocenters. The van der Waals surface area contributed by atoms with Gasteiger partial charge in [0, 0.05) is 10.6 Å². The van der Waals surface area contributed by atoms with Crippen molar-refractivity contribution in [3.63, 3.8) is 0 Å². The summed E-state index contributed by atoms with van der Waals surface area (Å²) in [6, 6.07) is 10.0. The van der Waals surface area contributed by atoms with Gasteiger partial charge < -0.3 is 0 Å². The zero-order chi connectivity index (χ0) is 10.7. The van der Waals surface area contributed by atoms with E-state index in [4.69, 9.17) is 0 Å². The predicted molar refractivity (Wildman–Crippen MR) is 64.0 cm³/mol. The highest BCUT2D eigenvalue weighted by molar-refractivity contribution is 7.12. The van der Waals surface area contributed by atoms with Gasteiger partial charge in [0.15, 0.2) is 0 Å². The lowest BCUT2D eigenvalue weighted by atomic mass is 10.3. The summed E-state index contributed by atoms with van der Waals surface area (Å²) in [6.07, 6.45) is 0.